The van der Waals surface area contributed by atoms with Crippen molar-refractivity contribution in [3.63, 3.8) is 0 Å². The number of hydrogen-bond acceptors (Lipinski definition) is 2. The molecule has 9 heteroatoms. The van der Waals surface area contributed by atoms with Gasteiger partial charge in [-0.3, -0.25) is 4.79 Å². The van der Waals surface area contributed by atoms with Crippen molar-refractivity contribution in [1.82, 2.24) is 0 Å². The van der Waals surface area contributed by atoms with Crippen molar-refractivity contribution in [1.29, 1.82) is 0 Å². The molecule has 0 bridgehead atoms. The number of rotatable bonds is 4. The van der Waals surface area contributed by atoms with Crippen LogP contribution in [0.1, 0.15) is 11.1 Å². The van der Waals surface area contributed by atoms with Gasteiger partial charge in [-0.25, -0.2) is 0 Å². The molecular formula is C17H13F6NO2. The maximum absolute atomic E-state index is 12.8. The number of carbonyl (C=O) groups is 1. The first-order chi connectivity index (χ1) is 12.0. The van der Waals surface area contributed by atoms with Crippen LogP contribution in [0.5, 0.6) is 5.75 Å². The van der Waals surface area contributed by atoms with Crippen LogP contribution in [0.3, 0.4) is 0 Å². The number of anilines is 1. The molecule has 0 saturated carbocycles. The molecule has 0 N–H and O–H groups in total. The minimum Gasteiger partial charge on any atom is -0.484 e. The standard InChI is InChI=1S/C17H13F6NO2/c1-24(13-5-3-2-4-6-13)15(25)10-26-14-8-11(16(18,19)20)7-12(9-14)17(21,22)23/h2-9H,10H2,1H3. The molecule has 2 rings (SSSR count). The summed E-state index contributed by atoms with van der Waals surface area (Å²) < 4.78 is 81.6. The Labute approximate surface area is 144 Å². The summed E-state index contributed by atoms with van der Waals surface area (Å²) in [5.41, 5.74) is -2.52. The number of benzene rings is 2. The molecule has 2 aromatic rings. The number of nitrogens with zero attached hydrogens (tertiary/aromatic N) is 1. The van der Waals surface area contributed by atoms with Gasteiger partial charge in [0.25, 0.3) is 5.91 Å². The number of alkyl halides is 6. The lowest BCUT2D eigenvalue weighted by atomic mass is 10.1. The molecule has 26 heavy (non-hydrogen) atoms. The number of halogens is 6. The highest BCUT2D eigenvalue weighted by atomic mass is 19.4. The monoisotopic (exact) mass is 377 g/mol. The SMILES string of the molecule is CN(C(=O)COc1cc(C(F)(F)F)cc(C(F)(F)F)c1)c1ccccc1. The second kappa shape index (κ2) is 7.27. The van der Waals surface area contributed by atoms with Crippen molar-refractivity contribution >= 4 is 11.6 Å². The van der Waals surface area contributed by atoms with Crippen LogP contribution in [0.25, 0.3) is 0 Å². The summed E-state index contributed by atoms with van der Waals surface area (Å²) in [5, 5.41) is 0. The molecule has 0 aliphatic carbocycles. The number of carbonyl (C=O) groups excluding carboxylic acids is 1. The quantitative estimate of drug-likeness (QED) is 0.719. The van der Waals surface area contributed by atoms with E-state index in [9.17, 15) is 31.1 Å². The minimum atomic E-state index is -4.98. The van der Waals surface area contributed by atoms with Gasteiger partial charge in [-0.2, -0.15) is 26.3 Å². The lowest BCUT2D eigenvalue weighted by Crippen LogP contribution is -2.31. The topological polar surface area (TPSA) is 29.5 Å². The Bertz CT molecular complexity index is 739. The Balaban J connectivity index is 2.19. The smallest absolute Gasteiger partial charge is 0.416 e. The summed E-state index contributed by atoms with van der Waals surface area (Å²) in [6, 6.07) is 9.12. The Hall–Kier alpha value is -2.71. The van der Waals surface area contributed by atoms with Gasteiger partial charge in [0.05, 0.1) is 11.1 Å². The lowest BCUT2D eigenvalue weighted by molar-refractivity contribution is -0.143. The first kappa shape index (κ1) is 19.6. The zero-order valence-corrected chi connectivity index (χ0v) is 13.4. The van der Waals surface area contributed by atoms with Crippen LogP contribution in [0, 0.1) is 0 Å². The summed E-state index contributed by atoms with van der Waals surface area (Å²) >= 11 is 0. The van der Waals surface area contributed by atoms with E-state index in [1.807, 2.05) is 0 Å². The molecule has 0 fully saturated rings. The average Bonchev–Trinajstić information content (AvgIpc) is 2.58. The van der Waals surface area contributed by atoms with Crippen molar-refractivity contribution in [2.45, 2.75) is 12.4 Å². The Kier molecular flexibility index (Phi) is 5.48. The Morgan fingerprint density at radius 1 is 0.923 bits per heavy atom. The second-order valence-electron chi connectivity index (χ2n) is 5.32. The van der Waals surface area contributed by atoms with E-state index in [4.69, 9.17) is 4.74 Å². The molecule has 0 aliphatic rings. The Morgan fingerprint density at radius 3 is 1.88 bits per heavy atom. The number of hydrogen-bond donors (Lipinski definition) is 0. The van der Waals surface area contributed by atoms with E-state index in [1.54, 1.807) is 30.3 Å². The van der Waals surface area contributed by atoms with Crippen molar-refractivity contribution in [2.75, 3.05) is 18.6 Å². The van der Waals surface area contributed by atoms with Crippen LogP contribution in [0.2, 0.25) is 0 Å². The molecule has 3 nitrogen and oxygen atoms in total. The predicted molar refractivity (Wildman–Crippen MR) is 81.8 cm³/mol. The maximum Gasteiger partial charge on any atom is 0.416 e. The molecule has 2 aromatic carbocycles. The average molecular weight is 377 g/mol. The van der Waals surface area contributed by atoms with Crippen molar-refractivity contribution in [3.05, 3.63) is 59.7 Å². The molecule has 0 heterocycles. The van der Waals surface area contributed by atoms with Gasteiger partial charge >= 0.3 is 12.4 Å². The highest BCUT2D eigenvalue weighted by Gasteiger charge is 2.37. The second-order valence-corrected chi connectivity index (χ2v) is 5.32. The zero-order chi connectivity index (χ0) is 19.5. The van der Waals surface area contributed by atoms with Crippen molar-refractivity contribution in [2.24, 2.45) is 0 Å². The molecule has 0 aliphatic heterocycles. The summed E-state index contributed by atoms with van der Waals surface area (Å²) in [6.45, 7) is -0.718. The van der Waals surface area contributed by atoms with Crippen LogP contribution in [0.4, 0.5) is 32.0 Å². The van der Waals surface area contributed by atoms with Gasteiger partial charge in [-0.15, -0.1) is 0 Å². The third-order valence-electron chi connectivity index (χ3n) is 3.44. The highest BCUT2D eigenvalue weighted by molar-refractivity contribution is 5.93. The zero-order valence-electron chi connectivity index (χ0n) is 13.4. The van der Waals surface area contributed by atoms with Crippen molar-refractivity contribution in [3.8, 4) is 5.75 Å². The molecule has 0 radical (unpaired) electrons. The van der Waals surface area contributed by atoms with Crippen LogP contribution in [-0.2, 0) is 17.1 Å². The van der Waals surface area contributed by atoms with Gasteiger partial charge in [0, 0.05) is 12.7 Å². The molecule has 1 amide bonds. The number of likely N-dealkylation sites (N-methyl/N-ethyl adjacent to an activating group) is 1. The minimum absolute atomic E-state index is 0.00915. The van der Waals surface area contributed by atoms with E-state index in [0.717, 1.165) is 0 Å². The largest absolute Gasteiger partial charge is 0.484 e. The first-order valence-corrected chi connectivity index (χ1v) is 7.22. The van der Waals surface area contributed by atoms with E-state index in [2.05, 4.69) is 0 Å². The van der Waals surface area contributed by atoms with E-state index in [-0.39, 0.29) is 6.07 Å². The lowest BCUT2D eigenvalue weighted by Gasteiger charge is -2.18. The summed E-state index contributed by atoms with van der Waals surface area (Å²) in [7, 11) is 1.41. The fourth-order valence-corrected chi connectivity index (χ4v) is 2.05. The maximum atomic E-state index is 12.8. The van der Waals surface area contributed by atoms with Crippen molar-refractivity contribution < 1.29 is 35.9 Å². The third-order valence-corrected chi connectivity index (χ3v) is 3.44. The molecule has 0 spiro atoms. The number of amides is 1. The van der Waals surface area contributed by atoms with Crippen LogP contribution >= 0.6 is 0 Å². The first-order valence-electron chi connectivity index (χ1n) is 7.22. The fourth-order valence-electron chi connectivity index (χ4n) is 2.05. The summed E-state index contributed by atoms with van der Waals surface area (Å²) in [4.78, 5) is 13.2. The molecule has 0 aromatic heterocycles. The molecule has 0 saturated heterocycles. The number of para-hydroxylation sites is 1. The molecule has 0 unspecified atom stereocenters. The van der Waals surface area contributed by atoms with Gasteiger partial charge in [0.15, 0.2) is 6.61 Å². The number of ether oxygens (including phenoxy) is 1. The highest BCUT2D eigenvalue weighted by Crippen LogP contribution is 2.38. The summed E-state index contributed by atoms with van der Waals surface area (Å²) in [5.74, 6) is -1.33. The molecule has 140 valence electrons. The van der Waals surface area contributed by atoms with Gasteiger partial charge in [-0.1, -0.05) is 18.2 Å². The normalized spacial score (nSPS) is 12.0. The molecule has 0 atom stereocenters. The van der Waals surface area contributed by atoms with Gasteiger partial charge < -0.3 is 9.64 Å². The van der Waals surface area contributed by atoms with Crippen LogP contribution in [-0.4, -0.2) is 19.6 Å². The third kappa shape index (κ3) is 4.90. The van der Waals surface area contributed by atoms with E-state index < -0.39 is 41.7 Å². The van der Waals surface area contributed by atoms with E-state index >= 15 is 0 Å². The molecular weight excluding hydrogens is 364 g/mol. The van der Waals surface area contributed by atoms with Gasteiger partial charge in [-0.05, 0) is 30.3 Å². The van der Waals surface area contributed by atoms with E-state index in [0.29, 0.717) is 17.8 Å². The Morgan fingerprint density at radius 2 is 1.42 bits per heavy atom. The van der Waals surface area contributed by atoms with Gasteiger partial charge in [0.2, 0.25) is 0 Å². The van der Waals surface area contributed by atoms with Gasteiger partial charge in [0.1, 0.15) is 5.75 Å². The summed E-state index contributed by atoms with van der Waals surface area (Å²) in [6.07, 6.45) is -9.96. The predicted octanol–water partition coefficient (Wildman–Crippen LogP) is 4.77. The van der Waals surface area contributed by atoms with Crippen LogP contribution in [0.15, 0.2) is 48.5 Å². The van der Waals surface area contributed by atoms with Crippen LogP contribution < -0.4 is 9.64 Å². The van der Waals surface area contributed by atoms with E-state index in [1.165, 1.54) is 11.9 Å². The fraction of sp³-hybridized carbons (Fsp3) is 0.235.